The highest BCUT2D eigenvalue weighted by molar-refractivity contribution is 5.95. The molecule has 0 aliphatic heterocycles. The van der Waals surface area contributed by atoms with E-state index >= 15 is 0 Å². The Balaban J connectivity index is 2.62. The van der Waals surface area contributed by atoms with Gasteiger partial charge in [-0.3, -0.25) is 4.79 Å². The Labute approximate surface area is 125 Å². The molecule has 5 heteroatoms. The van der Waals surface area contributed by atoms with E-state index in [4.69, 9.17) is 5.11 Å². The summed E-state index contributed by atoms with van der Waals surface area (Å²) >= 11 is 0. The van der Waals surface area contributed by atoms with Crippen LogP contribution in [0.25, 0.3) is 0 Å². The number of rotatable bonds is 7. The lowest BCUT2D eigenvalue weighted by Crippen LogP contribution is -2.24. The molecule has 0 atom stereocenters. The molecular weight excluding hydrogens is 268 g/mol. The molecule has 0 unspecified atom stereocenters. The number of carbonyl (C=O) groups is 2. The van der Waals surface area contributed by atoms with Gasteiger partial charge in [-0.25, -0.2) is 4.79 Å². The Bertz CT molecular complexity index is 524. The van der Waals surface area contributed by atoms with Crippen molar-refractivity contribution < 1.29 is 14.7 Å². The zero-order valence-electron chi connectivity index (χ0n) is 13.1. The molecule has 1 aromatic carbocycles. The van der Waals surface area contributed by atoms with Crippen LogP contribution in [0.2, 0.25) is 0 Å². The first kappa shape index (κ1) is 17.2. The van der Waals surface area contributed by atoms with Gasteiger partial charge in [-0.05, 0) is 50.1 Å². The quantitative estimate of drug-likeness (QED) is 0.675. The fraction of sp³-hybridized carbons (Fsp3) is 0.500. The number of hydrogen-bond donors (Lipinski definition) is 3. The number of anilines is 1. The minimum atomic E-state index is -0.979. The molecule has 1 amide bonds. The maximum Gasteiger partial charge on any atom is 0.336 e. The molecule has 1 rings (SSSR count). The summed E-state index contributed by atoms with van der Waals surface area (Å²) in [6.07, 6.45) is 1.16. The van der Waals surface area contributed by atoms with Gasteiger partial charge in [-0.1, -0.05) is 13.8 Å². The summed E-state index contributed by atoms with van der Waals surface area (Å²) in [5.41, 5.74) is 2.34. The third kappa shape index (κ3) is 5.55. The normalized spacial score (nSPS) is 10.7. The first-order valence-corrected chi connectivity index (χ1v) is 7.19. The van der Waals surface area contributed by atoms with Crippen molar-refractivity contribution in [2.75, 3.05) is 11.9 Å². The van der Waals surface area contributed by atoms with E-state index < -0.39 is 5.97 Å². The molecule has 1 aromatic rings. The van der Waals surface area contributed by atoms with Crippen LogP contribution in [0.15, 0.2) is 12.1 Å². The Morgan fingerprint density at radius 2 is 1.90 bits per heavy atom. The Morgan fingerprint density at radius 3 is 2.48 bits per heavy atom. The number of amides is 1. The van der Waals surface area contributed by atoms with Gasteiger partial charge in [0.2, 0.25) is 5.91 Å². The molecule has 3 N–H and O–H groups in total. The van der Waals surface area contributed by atoms with E-state index in [2.05, 4.69) is 24.5 Å². The summed E-state index contributed by atoms with van der Waals surface area (Å²) < 4.78 is 0. The lowest BCUT2D eigenvalue weighted by atomic mass is 10.0. The van der Waals surface area contributed by atoms with Crippen LogP contribution in [0.5, 0.6) is 0 Å². The van der Waals surface area contributed by atoms with Gasteiger partial charge in [0.05, 0.1) is 5.56 Å². The first-order chi connectivity index (χ1) is 9.81. The second kappa shape index (κ2) is 7.78. The second-order valence-electron chi connectivity index (χ2n) is 5.53. The van der Waals surface area contributed by atoms with Crippen molar-refractivity contribution in [2.45, 2.75) is 46.6 Å². The van der Waals surface area contributed by atoms with E-state index in [0.29, 0.717) is 18.2 Å². The SMILES string of the molecule is Cc1cc(NC(=O)CCCNC(C)C)cc(C(=O)O)c1C. The van der Waals surface area contributed by atoms with Crippen molar-refractivity contribution in [3.63, 3.8) is 0 Å². The van der Waals surface area contributed by atoms with Crippen LogP contribution >= 0.6 is 0 Å². The lowest BCUT2D eigenvalue weighted by Gasteiger charge is -2.11. The zero-order valence-corrected chi connectivity index (χ0v) is 13.1. The van der Waals surface area contributed by atoms with Crippen molar-refractivity contribution in [1.82, 2.24) is 5.32 Å². The van der Waals surface area contributed by atoms with Crippen molar-refractivity contribution in [3.8, 4) is 0 Å². The summed E-state index contributed by atoms with van der Waals surface area (Å²) in [6.45, 7) is 8.51. The molecule has 0 spiro atoms. The number of aromatic carboxylic acids is 1. The molecule has 0 saturated heterocycles. The molecule has 21 heavy (non-hydrogen) atoms. The van der Waals surface area contributed by atoms with Gasteiger partial charge >= 0.3 is 5.97 Å². The number of hydrogen-bond acceptors (Lipinski definition) is 3. The van der Waals surface area contributed by atoms with Crippen LogP contribution in [-0.4, -0.2) is 29.6 Å². The number of nitrogens with one attached hydrogen (secondary N) is 2. The van der Waals surface area contributed by atoms with Crippen molar-refractivity contribution >= 4 is 17.6 Å². The van der Waals surface area contributed by atoms with E-state index in [1.54, 1.807) is 13.0 Å². The van der Waals surface area contributed by atoms with Gasteiger partial charge in [0, 0.05) is 18.2 Å². The van der Waals surface area contributed by atoms with Crippen LogP contribution in [-0.2, 0) is 4.79 Å². The van der Waals surface area contributed by atoms with Gasteiger partial charge in [-0.2, -0.15) is 0 Å². The van der Waals surface area contributed by atoms with Gasteiger partial charge in [0.15, 0.2) is 0 Å². The molecule has 0 aliphatic rings. The highest BCUT2D eigenvalue weighted by Crippen LogP contribution is 2.20. The number of carboxylic acids is 1. The van der Waals surface area contributed by atoms with Gasteiger partial charge in [0.25, 0.3) is 0 Å². The summed E-state index contributed by atoms with van der Waals surface area (Å²) in [5.74, 6) is -1.08. The van der Waals surface area contributed by atoms with Crippen molar-refractivity contribution in [2.24, 2.45) is 0 Å². The fourth-order valence-electron chi connectivity index (χ4n) is 2.02. The van der Waals surface area contributed by atoms with Crippen molar-refractivity contribution in [1.29, 1.82) is 0 Å². The van der Waals surface area contributed by atoms with E-state index in [1.165, 1.54) is 6.07 Å². The number of carbonyl (C=O) groups excluding carboxylic acids is 1. The smallest absolute Gasteiger partial charge is 0.336 e. The molecular formula is C16H24N2O3. The van der Waals surface area contributed by atoms with E-state index in [0.717, 1.165) is 24.1 Å². The Hall–Kier alpha value is -1.88. The third-order valence-corrected chi connectivity index (χ3v) is 3.31. The minimum Gasteiger partial charge on any atom is -0.478 e. The maximum absolute atomic E-state index is 11.8. The summed E-state index contributed by atoms with van der Waals surface area (Å²) in [5, 5.41) is 15.2. The minimum absolute atomic E-state index is 0.0971. The second-order valence-corrected chi connectivity index (χ2v) is 5.53. The monoisotopic (exact) mass is 292 g/mol. The predicted molar refractivity (Wildman–Crippen MR) is 83.9 cm³/mol. The largest absolute Gasteiger partial charge is 0.478 e. The third-order valence-electron chi connectivity index (χ3n) is 3.31. The van der Waals surface area contributed by atoms with Crippen LogP contribution < -0.4 is 10.6 Å². The fourth-order valence-corrected chi connectivity index (χ4v) is 2.02. The summed E-state index contributed by atoms with van der Waals surface area (Å²) in [7, 11) is 0. The number of aryl methyl sites for hydroxylation is 1. The number of benzene rings is 1. The molecule has 0 bridgehead atoms. The van der Waals surface area contributed by atoms with Gasteiger partial charge in [-0.15, -0.1) is 0 Å². The topological polar surface area (TPSA) is 78.4 Å². The molecule has 0 saturated carbocycles. The van der Waals surface area contributed by atoms with E-state index in [-0.39, 0.29) is 11.5 Å². The van der Waals surface area contributed by atoms with Crippen molar-refractivity contribution in [3.05, 3.63) is 28.8 Å². The van der Waals surface area contributed by atoms with Crippen LogP contribution in [0, 0.1) is 13.8 Å². The van der Waals surface area contributed by atoms with Crippen LogP contribution in [0.3, 0.4) is 0 Å². The zero-order chi connectivity index (χ0) is 16.0. The van der Waals surface area contributed by atoms with Crippen LogP contribution in [0.4, 0.5) is 5.69 Å². The predicted octanol–water partition coefficient (Wildman–Crippen LogP) is 2.72. The molecule has 0 fully saturated rings. The Kier molecular flexibility index (Phi) is 6.37. The highest BCUT2D eigenvalue weighted by Gasteiger charge is 2.12. The molecule has 0 radical (unpaired) electrons. The highest BCUT2D eigenvalue weighted by atomic mass is 16.4. The first-order valence-electron chi connectivity index (χ1n) is 7.19. The van der Waals surface area contributed by atoms with Crippen LogP contribution in [0.1, 0.15) is 48.2 Å². The molecule has 116 valence electrons. The molecule has 5 nitrogen and oxygen atoms in total. The molecule has 0 heterocycles. The van der Waals surface area contributed by atoms with Gasteiger partial charge in [0.1, 0.15) is 0 Å². The van der Waals surface area contributed by atoms with E-state index in [1.807, 2.05) is 6.92 Å². The number of carboxylic acid groups (broad SMARTS) is 1. The summed E-state index contributed by atoms with van der Waals surface area (Å²) in [6, 6.07) is 3.71. The van der Waals surface area contributed by atoms with Gasteiger partial charge < -0.3 is 15.7 Å². The standard InChI is InChI=1S/C16H24N2O3/c1-10(2)17-7-5-6-15(19)18-13-8-11(3)12(4)14(9-13)16(20)21/h8-10,17H,5-7H2,1-4H3,(H,18,19)(H,20,21). The molecule has 0 aliphatic carbocycles. The average molecular weight is 292 g/mol. The summed E-state index contributed by atoms with van der Waals surface area (Å²) in [4.78, 5) is 23.0. The molecule has 0 aromatic heterocycles. The Morgan fingerprint density at radius 1 is 1.24 bits per heavy atom. The average Bonchev–Trinajstić information content (AvgIpc) is 2.38. The lowest BCUT2D eigenvalue weighted by molar-refractivity contribution is -0.116. The van der Waals surface area contributed by atoms with E-state index in [9.17, 15) is 9.59 Å². The maximum atomic E-state index is 11.8.